The smallest absolute Gasteiger partial charge is 0.360 e. The van der Waals surface area contributed by atoms with Crippen molar-refractivity contribution in [2.24, 2.45) is 0 Å². The number of halogens is 1. The van der Waals surface area contributed by atoms with E-state index in [1.54, 1.807) is 29.1 Å². The van der Waals surface area contributed by atoms with Crippen molar-refractivity contribution >= 4 is 5.97 Å². The van der Waals surface area contributed by atoms with Crippen molar-refractivity contribution < 1.29 is 18.4 Å². The van der Waals surface area contributed by atoms with E-state index >= 15 is 0 Å². The molecule has 0 bridgehead atoms. The van der Waals surface area contributed by atoms with Gasteiger partial charge in [0.15, 0.2) is 11.5 Å². The summed E-state index contributed by atoms with van der Waals surface area (Å²) in [6, 6.07) is 5.96. The predicted octanol–water partition coefficient (Wildman–Crippen LogP) is 2.45. The minimum Gasteiger partial charge on any atom is -0.464 e. The van der Waals surface area contributed by atoms with Gasteiger partial charge in [0.25, 0.3) is 0 Å². The monoisotopic (exact) mass is 287 g/mol. The lowest BCUT2D eigenvalue weighted by Gasteiger charge is -2.04. The summed E-state index contributed by atoms with van der Waals surface area (Å²) >= 11 is 0. The van der Waals surface area contributed by atoms with Crippen LogP contribution in [0.25, 0.3) is 17.0 Å². The number of carbonyl (C=O) groups excluding carboxylic acids is 1. The van der Waals surface area contributed by atoms with Crippen LogP contribution in [0.5, 0.6) is 0 Å². The molecule has 0 aliphatic carbocycles. The van der Waals surface area contributed by atoms with Gasteiger partial charge in [-0.2, -0.15) is 0 Å². The number of hydrogen-bond donors (Lipinski definition) is 0. The van der Waals surface area contributed by atoms with Gasteiger partial charge in [0.1, 0.15) is 5.82 Å². The third kappa shape index (κ3) is 2.40. The van der Waals surface area contributed by atoms with E-state index in [0.717, 1.165) is 0 Å². The van der Waals surface area contributed by atoms with Crippen LogP contribution in [0.4, 0.5) is 4.39 Å². The molecule has 0 aliphatic heterocycles. The molecule has 106 valence electrons. The lowest BCUT2D eigenvalue weighted by Crippen LogP contribution is -2.00. The summed E-state index contributed by atoms with van der Waals surface area (Å²) in [6.07, 6.45) is 4.70. The van der Waals surface area contributed by atoms with Crippen molar-refractivity contribution in [2.75, 3.05) is 7.11 Å². The van der Waals surface area contributed by atoms with Gasteiger partial charge in [-0.3, -0.25) is 0 Å². The van der Waals surface area contributed by atoms with E-state index in [2.05, 4.69) is 14.9 Å². The van der Waals surface area contributed by atoms with Crippen LogP contribution in [0.1, 0.15) is 10.5 Å². The summed E-state index contributed by atoms with van der Waals surface area (Å²) in [4.78, 5) is 15.2. The van der Waals surface area contributed by atoms with Crippen molar-refractivity contribution in [1.82, 2.24) is 14.7 Å². The predicted molar refractivity (Wildman–Crippen MR) is 70.4 cm³/mol. The molecular formula is C14H10FN3O3. The standard InChI is InChI=1S/C14H10FN3O3/c1-20-14(19)11-7-13(21-17-11)9-2-3-12(10(15)6-9)18-5-4-16-8-18/h2-8H,1H3. The maximum atomic E-state index is 14.1. The first-order chi connectivity index (χ1) is 10.2. The fourth-order valence-electron chi connectivity index (χ4n) is 1.88. The molecule has 0 amide bonds. The summed E-state index contributed by atoms with van der Waals surface area (Å²) < 4.78 is 25.2. The van der Waals surface area contributed by atoms with E-state index in [4.69, 9.17) is 4.52 Å². The molecule has 0 radical (unpaired) electrons. The quantitative estimate of drug-likeness (QED) is 0.692. The largest absolute Gasteiger partial charge is 0.464 e. The first kappa shape index (κ1) is 13.0. The molecule has 0 spiro atoms. The van der Waals surface area contributed by atoms with E-state index in [1.807, 2.05) is 0 Å². The van der Waals surface area contributed by atoms with Crippen LogP contribution in [0.15, 0.2) is 47.5 Å². The van der Waals surface area contributed by atoms with Crippen LogP contribution in [0.3, 0.4) is 0 Å². The fraction of sp³-hybridized carbons (Fsp3) is 0.0714. The highest BCUT2D eigenvalue weighted by Crippen LogP contribution is 2.24. The summed E-state index contributed by atoms with van der Waals surface area (Å²) in [7, 11) is 1.25. The topological polar surface area (TPSA) is 70.2 Å². The number of methoxy groups -OCH3 is 1. The first-order valence-corrected chi connectivity index (χ1v) is 6.02. The van der Waals surface area contributed by atoms with E-state index in [-0.39, 0.29) is 11.5 Å². The zero-order chi connectivity index (χ0) is 14.8. The van der Waals surface area contributed by atoms with E-state index in [9.17, 15) is 9.18 Å². The lowest BCUT2D eigenvalue weighted by molar-refractivity contribution is 0.0589. The van der Waals surface area contributed by atoms with Gasteiger partial charge >= 0.3 is 5.97 Å². The maximum absolute atomic E-state index is 14.1. The van der Waals surface area contributed by atoms with E-state index in [1.165, 1.54) is 25.6 Å². The molecular weight excluding hydrogens is 277 g/mol. The van der Waals surface area contributed by atoms with E-state index < -0.39 is 11.8 Å². The number of ether oxygens (including phenoxy) is 1. The first-order valence-electron chi connectivity index (χ1n) is 6.02. The Labute approximate surface area is 118 Å². The molecule has 0 aliphatic rings. The Hall–Kier alpha value is -2.96. The minimum atomic E-state index is -0.611. The van der Waals surface area contributed by atoms with Crippen LogP contribution in [-0.2, 0) is 4.74 Å². The fourth-order valence-corrected chi connectivity index (χ4v) is 1.88. The molecule has 0 fully saturated rings. The molecule has 0 saturated heterocycles. The number of benzene rings is 1. The van der Waals surface area contributed by atoms with Crippen LogP contribution >= 0.6 is 0 Å². The van der Waals surface area contributed by atoms with E-state index in [0.29, 0.717) is 11.3 Å². The molecule has 7 heteroatoms. The van der Waals surface area contributed by atoms with Crippen LogP contribution in [0, 0.1) is 5.82 Å². The Morgan fingerprint density at radius 3 is 2.90 bits per heavy atom. The number of esters is 1. The Kier molecular flexibility index (Phi) is 3.23. The molecule has 1 aromatic carbocycles. The molecule has 3 rings (SSSR count). The lowest BCUT2D eigenvalue weighted by atomic mass is 10.1. The highest BCUT2D eigenvalue weighted by Gasteiger charge is 2.15. The minimum absolute atomic E-state index is 0.0339. The number of nitrogens with zero attached hydrogens (tertiary/aromatic N) is 3. The summed E-state index contributed by atoms with van der Waals surface area (Å²) in [5.74, 6) is -0.770. The van der Waals surface area contributed by atoms with Gasteiger partial charge in [0.05, 0.1) is 19.1 Å². The molecule has 0 saturated carbocycles. The average Bonchev–Trinajstić information content (AvgIpc) is 3.17. The molecule has 3 aromatic rings. The van der Waals surface area contributed by atoms with Gasteiger partial charge in [-0.15, -0.1) is 0 Å². The van der Waals surface area contributed by atoms with Crippen molar-refractivity contribution in [3.63, 3.8) is 0 Å². The second kappa shape index (κ2) is 5.20. The SMILES string of the molecule is COC(=O)c1cc(-c2ccc(-n3ccnc3)c(F)c2)on1. The van der Waals surface area contributed by atoms with Gasteiger partial charge in [-0.25, -0.2) is 14.2 Å². The number of rotatable bonds is 3. The zero-order valence-corrected chi connectivity index (χ0v) is 11.0. The van der Waals surface area contributed by atoms with Crippen LogP contribution in [0.2, 0.25) is 0 Å². The van der Waals surface area contributed by atoms with Gasteiger partial charge in [-0.1, -0.05) is 5.16 Å². The third-order valence-corrected chi connectivity index (χ3v) is 2.92. The third-order valence-electron chi connectivity index (χ3n) is 2.92. The van der Waals surface area contributed by atoms with Crippen molar-refractivity contribution in [3.8, 4) is 17.0 Å². The van der Waals surface area contributed by atoms with Crippen molar-refractivity contribution in [3.05, 3.63) is 54.5 Å². The second-order valence-corrected chi connectivity index (χ2v) is 4.20. The van der Waals surface area contributed by atoms with Gasteiger partial charge in [0.2, 0.25) is 0 Å². The normalized spacial score (nSPS) is 10.6. The number of hydrogen-bond acceptors (Lipinski definition) is 5. The number of aromatic nitrogens is 3. The van der Waals surface area contributed by atoms with Gasteiger partial charge in [0, 0.05) is 24.0 Å². The molecule has 6 nitrogen and oxygen atoms in total. The molecule has 0 N–H and O–H groups in total. The van der Waals surface area contributed by atoms with Gasteiger partial charge < -0.3 is 13.8 Å². The Balaban J connectivity index is 1.95. The highest BCUT2D eigenvalue weighted by molar-refractivity contribution is 5.88. The van der Waals surface area contributed by atoms with Crippen LogP contribution < -0.4 is 0 Å². The summed E-state index contributed by atoms with van der Waals surface area (Å²) in [5, 5.41) is 3.58. The summed E-state index contributed by atoms with van der Waals surface area (Å²) in [5.41, 5.74) is 0.870. The molecule has 2 aromatic heterocycles. The molecule has 0 atom stereocenters. The van der Waals surface area contributed by atoms with Crippen molar-refractivity contribution in [2.45, 2.75) is 0 Å². The average molecular weight is 287 g/mol. The Morgan fingerprint density at radius 1 is 1.38 bits per heavy atom. The van der Waals surface area contributed by atoms with Crippen molar-refractivity contribution in [1.29, 1.82) is 0 Å². The highest BCUT2D eigenvalue weighted by atomic mass is 19.1. The molecule has 21 heavy (non-hydrogen) atoms. The zero-order valence-electron chi connectivity index (χ0n) is 11.0. The number of carbonyl (C=O) groups is 1. The second-order valence-electron chi connectivity index (χ2n) is 4.20. The molecule has 0 unspecified atom stereocenters. The van der Waals surface area contributed by atoms with Gasteiger partial charge in [-0.05, 0) is 18.2 Å². The molecule has 2 heterocycles. The maximum Gasteiger partial charge on any atom is 0.360 e. The summed E-state index contributed by atoms with van der Waals surface area (Å²) in [6.45, 7) is 0. The Morgan fingerprint density at radius 2 is 2.24 bits per heavy atom. The Bertz CT molecular complexity index is 781. The number of imidazole rings is 1. The van der Waals surface area contributed by atoms with Crippen LogP contribution in [-0.4, -0.2) is 27.8 Å².